The molecule has 5 N–H and O–H groups in total. The maximum absolute atomic E-state index is 11.9. The highest BCUT2D eigenvalue weighted by atomic mass is 32.2. The molecule has 0 aliphatic rings. The summed E-state index contributed by atoms with van der Waals surface area (Å²) in [5, 5.41) is 20.0. The molecule has 2 aromatic heterocycles. The van der Waals surface area contributed by atoms with Crippen molar-refractivity contribution >= 4 is 56.0 Å². The number of primary sulfonamides is 1. The second-order valence-corrected chi connectivity index (χ2v) is 10.6. The maximum Gasteiger partial charge on any atom is 0.409 e. The lowest BCUT2D eigenvalue weighted by Crippen LogP contribution is -2.14. The zero-order chi connectivity index (χ0) is 28.6. The van der Waals surface area contributed by atoms with Gasteiger partial charge in [0.1, 0.15) is 11.6 Å². The minimum atomic E-state index is -3.88. The van der Waals surface area contributed by atoms with Gasteiger partial charge in [-0.25, -0.2) is 28.3 Å². The highest BCUT2D eigenvalue weighted by Crippen LogP contribution is 2.32. The number of fused-ring (bicyclic) bond motifs is 1. The second-order valence-electron chi connectivity index (χ2n) is 9.09. The third-order valence-corrected chi connectivity index (χ3v) is 7.45. The summed E-state index contributed by atoms with van der Waals surface area (Å²) in [6.45, 7) is 1.67. The Morgan fingerprint density at radius 2 is 1.82 bits per heavy atom. The summed E-state index contributed by atoms with van der Waals surface area (Å²) in [6, 6.07) is 19.4. The van der Waals surface area contributed by atoms with Crippen molar-refractivity contribution in [2.75, 3.05) is 22.6 Å². The summed E-state index contributed by atoms with van der Waals surface area (Å²) < 4.78 is 25.7. The van der Waals surface area contributed by atoms with Gasteiger partial charge in [-0.15, -0.1) is 0 Å². The highest BCUT2D eigenvalue weighted by Gasteiger charge is 2.17. The van der Waals surface area contributed by atoms with Crippen molar-refractivity contribution < 1.29 is 18.3 Å². The minimum Gasteiger partial charge on any atom is -0.465 e. The predicted molar refractivity (Wildman–Crippen MR) is 154 cm³/mol. The van der Waals surface area contributed by atoms with Crippen LogP contribution in [0.1, 0.15) is 5.56 Å². The van der Waals surface area contributed by atoms with Crippen molar-refractivity contribution in [3.8, 4) is 11.4 Å². The van der Waals surface area contributed by atoms with E-state index in [1.807, 2.05) is 53.9 Å². The Hall–Kier alpha value is -5.01. The van der Waals surface area contributed by atoms with Gasteiger partial charge in [0.25, 0.3) is 0 Å². The molecule has 1 amide bonds. The molecule has 204 valence electrons. The number of nitrogens with one attached hydrogen (secondary N) is 2. The first-order valence-electron chi connectivity index (χ1n) is 12.0. The van der Waals surface area contributed by atoms with Crippen molar-refractivity contribution in [2.45, 2.75) is 11.8 Å². The molecule has 0 aliphatic carbocycles. The molecule has 0 unspecified atom stereocenters. The molecule has 0 bridgehead atoms. The molecular weight excluding hydrogens is 532 g/mol. The van der Waals surface area contributed by atoms with Crippen LogP contribution in [-0.4, -0.2) is 46.2 Å². The number of carboxylic acid groups (broad SMARTS) is 1. The van der Waals surface area contributed by atoms with E-state index in [9.17, 15) is 18.3 Å². The SMILES string of the molecule is Cc1ccc(Nc2nccc(N(C)c3ccc4c(c3)nc(-c3ccccc3NC(=O)O)n4C)n2)cc1S(N)(=O)=O. The van der Waals surface area contributed by atoms with Gasteiger partial charge in [-0.1, -0.05) is 18.2 Å². The number of imidazole rings is 1. The molecule has 40 heavy (non-hydrogen) atoms. The van der Waals surface area contributed by atoms with Crippen molar-refractivity contribution in [2.24, 2.45) is 12.2 Å². The molecule has 0 saturated carbocycles. The first-order chi connectivity index (χ1) is 19.0. The number of hydrogen-bond acceptors (Lipinski definition) is 8. The molecule has 0 radical (unpaired) electrons. The number of nitrogens with zero attached hydrogens (tertiary/aromatic N) is 5. The number of rotatable bonds is 7. The highest BCUT2D eigenvalue weighted by molar-refractivity contribution is 7.89. The van der Waals surface area contributed by atoms with E-state index in [1.165, 1.54) is 6.07 Å². The largest absolute Gasteiger partial charge is 0.465 e. The average Bonchev–Trinajstić information content (AvgIpc) is 3.24. The Morgan fingerprint density at radius 3 is 2.58 bits per heavy atom. The lowest BCUT2D eigenvalue weighted by Gasteiger charge is -2.19. The predicted octanol–water partition coefficient (Wildman–Crippen LogP) is 4.59. The Kier molecular flexibility index (Phi) is 6.83. The third kappa shape index (κ3) is 5.28. The number of aryl methyl sites for hydroxylation is 2. The molecule has 0 aliphatic heterocycles. The fraction of sp³-hybridized carbons (Fsp3) is 0.111. The summed E-state index contributed by atoms with van der Waals surface area (Å²) in [7, 11) is -0.147. The van der Waals surface area contributed by atoms with Crippen LogP contribution in [0.15, 0.2) is 77.8 Å². The molecule has 5 aromatic rings. The summed E-state index contributed by atoms with van der Waals surface area (Å²) in [5.41, 5.74) is 4.52. The quantitative estimate of drug-likeness (QED) is 0.223. The van der Waals surface area contributed by atoms with E-state index in [1.54, 1.807) is 43.5 Å². The Bertz CT molecular complexity index is 1870. The number of sulfonamides is 1. The summed E-state index contributed by atoms with van der Waals surface area (Å²) >= 11 is 0. The van der Waals surface area contributed by atoms with Gasteiger partial charge >= 0.3 is 6.09 Å². The van der Waals surface area contributed by atoms with E-state index in [-0.39, 0.29) is 10.8 Å². The normalized spacial score (nSPS) is 11.4. The molecule has 0 spiro atoms. The Balaban J connectivity index is 1.45. The van der Waals surface area contributed by atoms with Gasteiger partial charge in [0, 0.05) is 37.2 Å². The summed E-state index contributed by atoms with van der Waals surface area (Å²) in [4.78, 5) is 26.8. The minimum absolute atomic E-state index is 0.0233. The van der Waals surface area contributed by atoms with Crippen LogP contribution >= 0.6 is 0 Å². The van der Waals surface area contributed by atoms with Gasteiger partial charge in [-0.05, 0) is 61.0 Å². The van der Waals surface area contributed by atoms with Gasteiger partial charge in [-0.3, -0.25) is 5.32 Å². The number of anilines is 5. The maximum atomic E-state index is 11.9. The Morgan fingerprint density at radius 1 is 1.05 bits per heavy atom. The summed E-state index contributed by atoms with van der Waals surface area (Å²) in [6.07, 6.45) is 0.445. The fourth-order valence-corrected chi connectivity index (χ4v) is 5.19. The monoisotopic (exact) mass is 558 g/mol. The van der Waals surface area contributed by atoms with Gasteiger partial charge in [0.15, 0.2) is 0 Å². The van der Waals surface area contributed by atoms with Crippen LogP contribution in [0.3, 0.4) is 0 Å². The van der Waals surface area contributed by atoms with E-state index < -0.39 is 16.1 Å². The van der Waals surface area contributed by atoms with E-state index in [4.69, 9.17) is 10.1 Å². The first kappa shape index (κ1) is 26.6. The molecule has 12 nitrogen and oxygen atoms in total. The molecule has 5 rings (SSSR count). The van der Waals surface area contributed by atoms with Gasteiger partial charge in [-0.2, -0.15) is 4.98 Å². The fourth-order valence-electron chi connectivity index (χ4n) is 4.38. The van der Waals surface area contributed by atoms with Crippen LogP contribution in [0.2, 0.25) is 0 Å². The summed E-state index contributed by atoms with van der Waals surface area (Å²) in [5.74, 6) is 1.48. The van der Waals surface area contributed by atoms with Gasteiger partial charge in [0.05, 0.1) is 21.6 Å². The number of aromatic nitrogens is 4. The van der Waals surface area contributed by atoms with Crippen LogP contribution in [-0.2, 0) is 17.1 Å². The van der Waals surface area contributed by atoms with Crippen molar-refractivity contribution in [1.82, 2.24) is 19.5 Å². The van der Waals surface area contributed by atoms with Crippen LogP contribution in [0.25, 0.3) is 22.4 Å². The van der Waals surface area contributed by atoms with Gasteiger partial charge in [0.2, 0.25) is 16.0 Å². The van der Waals surface area contributed by atoms with E-state index in [2.05, 4.69) is 20.6 Å². The molecule has 3 aromatic carbocycles. The molecular formula is C27H26N8O4S. The molecule has 0 atom stereocenters. The van der Waals surface area contributed by atoms with Crippen LogP contribution in [0.5, 0.6) is 0 Å². The number of para-hydroxylation sites is 1. The number of carbonyl (C=O) groups is 1. The number of nitrogens with two attached hydrogens (primary N) is 1. The molecule has 2 heterocycles. The van der Waals surface area contributed by atoms with Gasteiger partial charge < -0.3 is 19.9 Å². The van der Waals surface area contributed by atoms with Crippen molar-refractivity contribution in [1.29, 1.82) is 0 Å². The molecule has 0 fully saturated rings. The van der Waals surface area contributed by atoms with Crippen molar-refractivity contribution in [3.63, 3.8) is 0 Å². The third-order valence-electron chi connectivity index (χ3n) is 6.40. The zero-order valence-corrected chi connectivity index (χ0v) is 22.6. The van der Waals surface area contributed by atoms with E-state index >= 15 is 0 Å². The van der Waals surface area contributed by atoms with Crippen LogP contribution in [0.4, 0.5) is 33.6 Å². The number of benzene rings is 3. The number of amides is 1. The zero-order valence-electron chi connectivity index (χ0n) is 21.8. The number of hydrogen-bond donors (Lipinski definition) is 4. The second kappa shape index (κ2) is 10.3. The standard InChI is InChI=1S/C27H26N8O4S/c1-16-8-9-17(14-23(16)40(28,38)39)30-26-29-13-12-24(33-26)34(2)18-10-11-22-21(15-18)31-25(35(22)3)19-6-4-5-7-20(19)32-27(36)37/h4-15,32H,1-3H3,(H,36,37)(H2,28,38,39)(H,29,30,33). The van der Waals surface area contributed by atoms with Crippen molar-refractivity contribution in [3.05, 3.63) is 78.5 Å². The molecule has 13 heteroatoms. The van der Waals surface area contributed by atoms with Crippen LogP contribution in [0, 0.1) is 6.92 Å². The van der Waals surface area contributed by atoms with E-state index in [0.717, 1.165) is 16.7 Å². The first-order valence-corrected chi connectivity index (χ1v) is 13.6. The van der Waals surface area contributed by atoms with Crippen LogP contribution < -0.4 is 20.7 Å². The van der Waals surface area contributed by atoms with E-state index in [0.29, 0.717) is 34.1 Å². The lowest BCUT2D eigenvalue weighted by atomic mass is 10.1. The lowest BCUT2D eigenvalue weighted by molar-refractivity contribution is 0.210. The Labute approximate surface area is 230 Å². The topological polar surface area (TPSA) is 168 Å². The average molecular weight is 559 g/mol. The molecule has 0 saturated heterocycles. The smallest absolute Gasteiger partial charge is 0.409 e.